The average Bonchev–Trinajstić information content (AvgIpc) is 3.40. The van der Waals surface area contributed by atoms with Crippen LogP contribution in [0.5, 0.6) is 28.7 Å². The number of hydrogen-bond donors (Lipinski definition) is 2. The average molecular weight is 562 g/mol. The van der Waals surface area contributed by atoms with Crippen LogP contribution in [0.4, 0.5) is 0 Å². The summed E-state index contributed by atoms with van der Waals surface area (Å²) in [6.07, 6.45) is 2.92. The SMILES string of the molecule is COc1ccccc1OC1CCN(CCCOC(=O)c2cc(OC)c(OC)c(OC)c2)C1.O=C(O)/C=C/C(=O)O. The molecule has 1 saturated heterocycles. The van der Waals surface area contributed by atoms with Crippen LogP contribution in [0.2, 0.25) is 0 Å². The van der Waals surface area contributed by atoms with Gasteiger partial charge in [0.15, 0.2) is 23.0 Å². The fraction of sp³-hybridized carbons (Fsp3) is 0.393. The van der Waals surface area contributed by atoms with Gasteiger partial charge in [0.1, 0.15) is 6.10 Å². The Kier molecular flexibility index (Phi) is 13.1. The Labute approximate surface area is 232 Å². The van der Waals surface area contributed by atoms with Crippen LogP contribution < -0.4 is 23.7 Å². The van der Waals surface area contributed by atoms with E-state index in [2.05, 4.69) is 4.90 Å². The zero-order valence-corrected chi connectivity index (χ0v) is 23.0. The lowest BCUT2D eigenvalue weighted by atomic mass is 10.2. The maximum Gasteiger partial charge on any atom is 0.338 e. The zero-order chi connectivity index (χ0) is 29.5. The molecule has 12 nitrogen and oxygen atoms in total. The molecular weight excluding hydrogens is 526 g/mol. The number of carbonyl (C=O) groups is 3. The number of carboxylic acids is 2. The van der Waals surface area contributed by atoms with Crippen molar-refractivity contribution in [3.8, 4) is 28.7 Å². The van der Waals surface area contributed by atoms with Gasteiger partial charge in [-0.15, -0.1) is 0 Å². The second-order valence-electron chi connectivity index (χ2n) is 8.39. The van der Waals surface area contributed by atoms with Crippen molar-refractivity contribution in [3.05, 3.63) is 54.1 Å². The molecule has 2 N–H and O–H groups in total. The number of methoxy groups -OCH3 is 4. The van der Waals surface area contributed by atoms with Gasteiger partial charge in [-0.2, -0.15) is 0 Å². The predicted molar refractivity (Wildman–Crippen MR) is 144 cm³/mol. The number of benzene rings is 2. The molecule has 0 amide bonds. The number of rotatable bonds is 13. The lowest BCUT2D eigenvalue weighted by molar-refractivity contribution is -0.134. The van der Waals surface area contributed by atoms with Crippen molar-refractivity contribution in [2.75, 3.05) is 54.7 Å². The van der Waals surface area contributed by atoms with E-state index in [0.717, 1.165) is 44.0 Å². The molecule has 1 atom stereocenters. The summed E-state index contributed by atoms with van der Waals surface area (Å²) in [6, 6.07) is 10.8. The first kappa shape index (κ1) is 31.8. The number of ether oxygens (including phenoxy) is 6. The fourth-order valence-electron chi connectivity index (χ4n) is 3.87. The van der Waals surface area contributed by atoms with E-state index in [9.17, 15) is 14.4 Å². The number of nitrogens with zero attached hydrogens (tertiary/aromatic N) is 1. The van der Waals surface area contributed by atoms with E-state index in [0.29, 0.717) is 41.6 Å². The summed E-state index contributed by atoms with van der Waals surface area (Å²) in [5, 5.41) is 15.6. The van der Waals surface area contributed by atoms with E-state index < -0.39 is 17.9 Å². The largest absolute Gasteiger partial charge is 0.493 e. The second-order valence-corrected chi connectivity index (χ2v) is 8.39. The minimum atomic E-state index is -1.26. The van der Waals surface area contributed by atoms with Crippen LogP contribution >= 0.6 is 0 Å². The van der Waals surface area contributed by atoms with E-state index in [1.807, 2.05) is 24.3 Å². The standard InChI is InChI=1S/C24H31NO7.C4H4O4/c1-27-19-8-5-6-9-20(19)32-18-10-12-25(16-18)11-7-13-31-24(26)17-14-21(28-2)23(30-4)22(15-17)29-3;5-3(6)1-2-4(7)8/h5-6,8-9,14-15,18H,7,10-13,16H2,1-4H3;1-2H,(H,5,6)(H,7,8)/b;2-1+. The first-order valence-corrected chi connectivity index (χ1v) is 12.3. The summed E-state index contributed by atoms with van der Waals surface area (Å²) in [5.74, 6) is -0.173. The van der Waals surface area contributed by atoms with Gasteiger partial charge >= 0.3 is 17.9 Å². The first-order chi connectivity index (χ1) is 19.2. The summed E-state index contributed by atoms with van der Waals surface area (Å²) in [6.45, 7) is 2.93. The van der Waals surface area contributed by atoms with Crippen LogP contribution in [0, 0.1) is 0 Å². The van der Waals surface area contributed by atoms with Gasteiger partial charge in [0, 0.05) is 31.8 Å². The maximum absolute atomic E-state index is 12.5. The number of carboxylic acid groups (broad SMARTS) is 2. The normalized spacial score (nSPS) is 14.6. The van der Waals surface area contributed by atoms with Crippen LogP contribution in [0.1, 0.15) is 23.2 Å². The Hall–Kier alpha value is -4.45. The number of aliphatic carboxylic acids is 2. The highest BCUT2D eigenvalue weighted by atomic mass is 16.5. The Morgan fingerprint density at radius 2 is 1.45 bits per heavy atom. The van der Waals surface area contributed by atoms with Crippen molar-refractivity contribution in [3.63, 3.8) is 0 Å². The summed E-state index contributed by atoms with van der Waals surface area (Å²) < 4.78 is 32.8. The van der Waals surface area contributed by atoms with E-state index in [4.69, 9.17) is 38.6 Å². The molecule has 0 radical (unpaired) electrons. The van der Waals surface area contributed by atoms with Gasteiger partial charge in [0.2, 0.25) is 5.75 Å². The van der Waals surface area contributed by atoms with Gasteiger partial charge in [-0.1, -0.05) is 12.1 Å². The summed E-state index contributed by atoms with van der Waals surface area (Å²) >= 11 is 0. The van der Waals surface area contributed by atoms with Crippen LogP contribution in [0.3, 0.4) is 0 Å². The molecule has 2 aromatic rings. The number of likely N-dealkylation sites (tertiary alicyclic amines) is 1. The van der Waals surface area contributed by atoms with Crippen molar-refractivity contribution in [2.45, 2.75) is 18.9 Å². The Balaban J connectivity index is 0.000000611. The van der Waals surface area contributed by atoms with E-state index in [1.165, 1.54) is 21.3 Å². The van der Waals surface area contributed by atoms with E-state index in [1.54, 1.807) is 19.2 Å². The van der Waals surface area contributed by atoms with Gasteiger partial charge in [-0.3, -0.25) is 4.90 Å². The lowest BCUT2D eigenvalue weighted by Crippen LogP contribution is -2.26. The molecule has 0 bridgehead atoms. The van der Waals surface area contributed by atoms with Gasteiger partial charge in [0.25, 0.3) is 0 Å². The molecule has 3 rings (SSSR count). The Morgan fingerprint density at radius 1 is 0.875 bits per heavy atom. The predicted octanol–water partition coefficient (Wildman–Crippen LogP) is 3.13. The quantitative estimate of drug-likeness (QED) is 0.210. The van der Waals surface area contributed by atoms with Crippen molar-refractivity contribution >= 4 is 17.9 Å². The number of carbonyl (C=O) groups excluding carboxylic acids is 1. The highest BCUT2D eigenvalue weighted by molar-refractivity contribution is 5.91. The third-order valence-corrected chi connectivity index (χ3v) is 5.71. The molecule has 0 spiro atoms. The van der Waals surface area contributed by atoms with E-state index in [-0.39, 0.29) is 6.10 Å². The Bertz CT molecular complexity index is 1120. The van der Waals surface area contributed by atoms with Crippen molar-refractivity contribution in [2.24, 2.45) is 0 Å². The molecule has 1 unspecified atom stereocenters. The second kappa shape index (κ2) is 16.5. The molecule has 1 aliphatic heterocycles. The minimum absolute atomic E-state index is 0.119. The first-order valence-electron chi connectivity index (χ1n) is 12.3. The fourth-order valence-corrected chi connectivity index (χ4v) is 3.87. The highest BCUT2D eigenvalue weighted by Crippen LogP contribution is 2.38. The Morgan fingerprint density at radius 3 is 1.98 bits per heavy atom. The topological polar surface area (TPSA) is 150 Å². The zero-order valence-electron chi connectivity index (χ0n) is 23.0. The van der Waals surface area contributed by atoms with Crippen LogP contribution in [0.15, 0.2) is 48.6 Å². The number of esters is 1. The molecule has 218 valence electrons. The van der Waals surface area contributed by atoms with Crippen LogP contribution in [-0.4, -0.2) is 93.8 Å². The summed E-state index contributed by atoms with van der Waals surface area (Å²) in [4.78, 5) is 33.9. The van der Waals surface area contributed by atoms with Crippen LogP contribution in [-0.2, 0) is 14.3 Å². The lowest BCUT2D eigenvalue weighted by Gasteiger charge is -2.18. The molecule has 2 aromatic carbocycles. The molecule has 0 aromatic heterocycles. The smallest absolute Gasteiger partial charge is 0.338 e. The maximum atomic E-state index is 12.5. The minimum Gasteiger partial charge on any atom is -0.493 e. The molecule has 1 aliphatic rings. The number of para-hydroxylation sites is 2. The summed E-state index contributed by atoms with van der Waals surface area (Å²) in [7, 11) is 6.17. The molecule has 0 aliphatic carbocycles. The third kappa shape index (κ3) is 10.0. The highest BCUT2D eigenvalue weighted by Gasteiger charge is 2.24. The molecule has 1 fully saturated rings. The van der Waals surface area contributed by atoms with Gasteiger partial charge in [-0.25, -0.2) is 14.4 Å². The summed E-state index contributed by atoms with van der Waals surface area (Å²) in [5.41, 5.74) is 0.353. The third-order valence-electron chi connectivity index (χ3n) is 5.71. The van der Waals surface area contributed by atoms with E-state index >= 15 is 0 Å². The molecule has 0 saturated carbocycles. The number of hydrogen-bond acceptors (Lipinski definition) is 10. The van der Waals surface area contributed by atoms with Gasteiger partial charge < -0.3 is 38.6 Å². The van der Waals surface area contributed by atoms with Gasteiger partial charge in [-0.05, 0) is 37.1 Å². The molecular formula is C28H35NO11. The van der Waals surface area contributed by atoms with Crippen molar-refractivity contribution < 1.29 is 53.0 Å². The van der Waals surface area contributed by atoms with Crippen molar-refractivity contribution in [1.82, 2.24) is 4.90 Å². The molecule has 1 heterocycles. The molecule has 40 heavy (non-hydrogen) atoms. The molecule has 12 heteroatoms. The van der Waals surface area contributed by atoms with Crippen LogP contribution in [0.25, 0.3) is 0 Å². The van der Waals surface area contributed by atoms with Crippen molar-refractivity contribution in [1.29, 1.82) is 0 Å². The van der Waals surface area contributed by atoms with Gasteiger partial charge in [0.05, 0.1) is 40.6 Å². The monoisotopic (exact) mass is 561 g/mol.